The van der Waals surface area contributed by atoms with Gasteiger partial charge in [-0.3, -0.25) is 19.1 Å². The van der Waals surface area contributed by atoms with E-state index >= 15 is 0 Å². The van der Waals surface area contributed by atoms with Crippen molar-refractivity contribution in [3.63, 3.8) is 0 Å². The highest BCUT2D eigenvalue weighted by molar-refractivity contribution is 8.00. The number of fused-ring (bicyclic) bond motifs is 1. The highest BCUT2D eigenvalue weighted by atomic mass is 32.2. The third-order valence-electron chi connectivity index (χ3n) is 11.6. The molecule has 1 aromatic heterocycles. The number of unbranched alkanes of at least 4 members (excludes halogenated alkanes) is 8. The van der Waals surface area contributed by atoms with Crippen LogP contribution in [0.4, 0.5) is 4.79 Å². The number of aromatic nitrogens is 3. The summed E-state index contributed by atoms with van der Waals surface area (Å²) in [6.45, 7) is 11.6. The van der Waals surface area contributed by atoms with E-state index in [4.69, 9.17) is 37.9 Å². The Labute approximate surface area is 384 Å². The van der Waals surface area contributed by atoms with Gasteiger partial charge in [0.2, 0.25) is 0 Å². The Kier molecular flexibility index (Phi) is 26.5. The first-order chi connectivity index (χ1) is 31.1. The number of hydrogen-bond donors (Lipinski definition) is 2. The minimum atomic E-state index is -0.713. The van der Waals surface area contributed by atoms with E-state index in [1.165, 1.54) is 39.5 Å². The summed E-state index contributed by atoms with van der Waals surface area (Å²) in [4.78, 5) is 47.0. The minimum Gasteiger partial charge on any atom is -0.460 e. The van der Waals surface area contributed by atoms with Gasteiger partial charge in [0.25, 0.3) is 0 Å². The van der Waals surface area contributed by atoms with Crippen LogP contribution in [-0.2, 0) is 65.4 Å². The molecule has 364 valence electrons. The fourth-order valence-corrected chi connectivity index (χ4v) is 9.76. The second-order valence-corrected chi connectivity index (χ2v) is 18.2. The zero-order valence-corrected chi connectivity index (χ0v) is 39.7. The zero-order chi connectivity index (χ0) is 45.8. The molecule has 17 nitrogen and oxygen atoms in total. The van der Waals surface area contributed by atoms with Crippen LogP contribution in [0.15, 0.2) is 18.3 Å². The molecule has 0 saturated carbocycles. The topological polar surface area (TPSA) is 197 Å². The Morgan fingerprint density at radius 1 is 0.859 bits per heavy atom. The number of ether oxygens (including phenoxy) is 8. The highest BCUT2D eigenvalue weighted by Crippen LogP contribution is 2.35. The Morgan fingerprint density at radius 2 is 1.55 bits per heavy atom. The molecule has 4 heterocycles. The van der Waals surface area contributed by atoms with Gasteiger partial charge in [0.05, 0.1) is 71.1 Å². The van der Waals surface area contributed by atoms with Gasteiger partial charge >= 0.3 is 18.0 Å². The van der Waals surface area contributed by atoms with Gasteiger partial charge in [-0.15, -0.1) is 5.10 Å². The predicted molar refractivity (Wildman–Crippen MR) is 242 cm³/mol. The van der Waals surface area contributed by atoms with Crippen molar-refractivity contribution in [3.8, 4) is 0 Å². The van der Waals surface area contributed by atoms with Gasteiger partial charge in [0.15, 0.2) is 12.4 Å². The lowest BCUT2D eigenvalue weighted by atomic mass is 9.95. The number of urea groups is 1. The fraction of sp³-hybridized carbons (Fsp3) is 0.826. The summed E-state index contributed by atoms with van der Waals surface area (Å²) in [7, 11) is 0. The maximum atomic E-state index is 12.2. The molecule has 3 fully saturated rings. The van der Waals surface area contributed by atoms with Crippen LogP contribution in [0, 0.1) is 5.92 Å². The van der Waals surface area contributed by atoms with Gasteiger partial charge in [-0.05, 0) is 44.9 Å². The summed E-state index contributed by atoms with van der Waals surface area (Å²) >= 11 is 1.92. The van der Waals surface area contributed by atoms with E-state index in [1.807, 2.05) is 42.6 Å². The molecule has 0 spiro atoms. The SMILES string of the molecule is CC[C@@H](OC(C)=O)[C@@H]1O[C@@H](OC/C=C/CCCCCCCCCn2cc(COCCOCCOCCOCCCC(=O)CCCC[C@@H]3SC[C@@H]4NC(=O)N[C@@H]43)nn2)[C@@H](OC(C)=O)C1C. The number of Topliss-reactive ketones (excluding diaryl/α,β-unsaturated/α-hetero) is 1. The van der Waals surface area contributed by atoms with Crippen LogP contribution >= 0.6 is 11.8 Å². The number of esters is 2. The molecule has 64 heavy (non-hydrogen) atoms. The average molecular weight is 924 g/mol. The molecule has 2 N–H and O–H groups in total. The summed E-state index contributed by atoms with van der Waals surface area (Å²) in [5.41, 5.74) is 0.808. The van der Waals surface area contributed by atoms with Crippen LogP contribution in [0.3, 0.4) is 0 Å². The van der Waals surface area contributed by atoms with E-state index < -0.39 is 30.6 Å². The van der Waals surface area contributed by atoms with Gasteiger partial charge in [-0.25, -0.2) is 4.79 Å². The largest absolute Gasteiger partial charge is 0.460 e. The third kappa shape index (κ3) is 21.0. The first-order valence-corrected chi connectivity index (χ1v) is 24.9. The van der Waals surface area contributed by atoms with E-state index in [9.17, 15) is 19.2 Å². The number of nitrogens with one attached hydrogen (secondary N) is 2. The van der Waals surface area contributed by atoms with Gasteiger partial charge in [-0.2, -0.15) is 11.8 Å². The van der Waals surface area contributed by atoms with Crippen molar-refractivity contribution in [3.05, 3.63) is 24.0 Å². The van der Waals surface area contributed by atoms with Crippen LogP contribution in [0.25, 0.3) is 0 Å². The smallest absolute Gasteiger partial charge is 0.315 e. The first-order valence-electron chi connectivity index (χ1n) is 23.8. The van der Waals surface area contributed by atoms with Crippen molar-refractivity contribution in [2.75, 3.05) is 58.6 Å². The van der Waals surface area contributed by atoms with Crippen LogP contribution in [0.1, 0.15) is 130 Å². The number of ketones is 1. The lowest BCUT2D eigenvalue weighted by molar-refractivity contribution is -0.192. The zero-order valence-electron chi connectivity index (χ0n) is 38.9. The number of thioether (sulfide) groups is 1. The molecular weight excluding hydrogens is 847 g/mol. The molecule has 3 saturated heterocycles. The molecule has 18 heteroatoms. The van der Waals surface area contributed by atoms with E-state index in [0.29, 0.717) is 89.8 Å². The number of amides is 2. The van der Waals surface area contributed by atoms with Crippen LogP contribution in [0.2, 0.25) is 0 Å². The van der Waals surface area contributed by atoms with Gasteiger partial charge in [0, 0.05) is 56.8 Å². The molecule has 0 radical (unpaired) electrons. The maximum Gasteiger partial charge on any atom is 0.315 e. The van der Waals surface area contributed by atoms with Gasteiger partial charge in [0.1, 0.15) is 23.7 Å². The lowest BCUT2D eigenvalue weighted by Gasteiger charge is -2.25. The predicted octanol–water partition coefficient (Wildman–Crippen LogP) is 6.25. The molecule has 3 aliphatic rings. The number of aryl methyl sites for hydroxylation is 1. The average Bonchev–Trinajstić information content (AvgIpc) is 4.04. The Hall–Kier alpha value is -3.13. The van der Waals surface area contributed by atoms with E-state index in [2.05, 4.69) is 27.0 Å². The molecule has 2 amide bonds. The van der Waals surface area contributed by atoms with E-state index in [-0.39, 0.29) is 30.0 Å². The molecule has 1 unspecified atom stereocenters. The quantitative estimate of drug-likeness (QED) is 0.0329. The van der Waals surface area contributed by atoms with Crippen molar-refractivity contribution < 1.29 is 57.1 Å². The van der Waals surface area contributed by atoms with Crippen molar-refractivity contribution >= 4 is 35.5 Å². The van der Waals surface area contributed by atoms with Crippen LogP contribution in [0.5, 0.6) is 0 Å². The first kappa shape index (κ1) is 53.5. The van der Waals surface area contributed by atoms with Crippen molar-refractivity contribution in [1.82, 2.24) is 25.6 Å². The number of carbonyl (C=O) groups is 4. The molecule has 0 aromatic carbocycles. The molecule has 3 aliphatic heterocycles. The Balaban J connectivity index is 0.861. The minimum absolute atomic E-state index is 0.0527. The third-order valence-corrected chi connectivity index (χ3v) is 13.1. The number of allylic oxidation sites excluding steroid dienone is 1. The number of rotatable bonds is 37. The molecule has 0 bridgehead atoms. The summed E-state index contributed by atoms with van der Waals surface area (Å²) < 4.78 is 47.3. The molecule has 4 rings (SSSR count). The molecule has 8 atom stereocenters. The van der Waals surface area contributed by atoms with E-state index in [1.54, 1.807) is 0 Å². The van der Waals surface area contributed by atoms with Gasteiger partial charge < -0.3 is 48.5 Å². The molecule has 0 aliphatic carbocycles. The molecule has 1 aromatic rings. The van der Waals surface area contributed by atoms with Crippen LogP contribution in [-0.4, -0.2) is 139 Å². The van der Waals surface area contributed by atoms with Crippen molar-refractivity contribution in [2.45, 2.75) is 179 Å². The summed E-state index contributed by atoms with van der Waals surface area (Å²) in [5.74, 6) is 0.315. The monoisotopic (exact) mass is 924 g/mol. The number of nitrogens with zero attached hydrogens (tertiary/aromatic N) is 3. The second-order valence-electron chi connectivity index (χ2n) is 16.9. The van der Waals surface area contributed by atoms with Crippen LogP contribution < -0.4 is 10.6 Å². The number of carbonyl (C=O) groups excluding carboxylic acids is 4. The molecular formula is C46H77N5O12S. The summed E-state index contributed by atoms with van der Waals surface area (Å²) in [6, 6.07) is 0.433. The fourth-order valence-electron chi connectivity index (χ4n) is 8.22. The summed E-state index contributed by atoms with van der Waals surface area (Å²) in [6.07, 6.45) is 18.5. The Bertz CT molecular complexity index is 1520. The Morgan fingerprint density at radius 3 is 2.27 bits per heavy atom. The number of hydrogen-bond acceptors (Lipinski definition) is 15. The highest BCUT2D eigenvalue weighted by Gasteiger charge is 2.48. The van der Waals surface area contributed by atoms with E-state index in [0.717, 1.165) is 69.4 Å². The maximum absolute atomic E-state index is 12.2. The lowest BCUT2D eigenvalue weighted by Crippen LogP contribution is -2.36. The standard InChI is InChI=1S/C46H77N5O12S/c1-5-40(61-35(3)52)43-34(2)44(62-36(4)53)45(63-43)60-24-17-13-11-9-7-6-8-10-12-16-22-51-31-37(49-50-51)32-59-30-29-58-28-27-57-26-25-56-23-18-20-38(54)19-14-15-21-41-42-39(33-64-41)47-46(55)48-42/h13,17,31,34,39-45H,5-12,14-16,18-30,32-33H2,1-4H3,(H2,47,48,55)/b17-13+/t34?,39-,40+,41-,42-,43+,44-,45+/m0/s1. The van der Waals surface area contributed by atoms with Crippen molar-refractivity contribution in [1.29, 1.82) is 0 Å². The van der Waals surface area contributed by atoms with Crippen molar-refractivity contribution in [2.24, 2.45) is 5.92 Å². The second kappa shape index (κ2) is 31.7. The normalized spacial score (nSPS) is 23.3. The van der Waals surface area contributed by atoms with Gasteiger partial charge in [-0.1, -0.05) is 69.7 Å². The summed E-state index contributed by atoms with van der Waals surface area (Å²) in [5, 5.41) is 14.9.